The number of benzene rings is 1. The molecule has 1 aromatic carbocycles. The van der Waals surface area contributed by atoms with Crippen LogP contribution >= 0.6 is 0 Å². The minimum absolute atomic E-state index is 0.870. The normalized spacial score (nSPS) is 9.86. The van der Waals surface area contributed by atoms with Gasteiger partial charge in [0.15, 0.2) is 0 Å². The summed E-state index contributed by atoms with van der Waals surface area (Å²) in [4.78, 5) is 0. The largest absolute Gasteiger partial charge is 0.330 e. The Morgan fingerprint density at radius 2 is 1.48 bits per heavy atom. The minimum Gasteiger partial charge on any atom is -0.330 e. The highest BCUT2D eigenvalue weighted by Crippen LogP contribution is 2.09. The van der Waals surface area contributed by atoms with Crippen molar-refractivity contribution < 1.29 is 0 Å². The van der Waals surface area contributed by atoms with Gasteiger partial charge in [-0.05, 0) is 30.5 Å². The highest BCUT2D eigenvalue weighted by molar-refractivity contribution is 5.51. The van der Waals surface area contributed by atoms with E-state index in [4.69, 9.17) is 5.73 Å². The van der Waals surface area contributed by atoms with Crippen LogP contribution in [-0.4, -0.2) is 6.54 Å². The zero-order valence-corrected chi connectivity index (χ0v) is 14.2. The van der Waals surface area contributed by atoms with Crippen molar-refractivity contribution in [2.45, 2.75) is 71.6 Å². The molecule has 0 fully saturated rings. The molecule has 0 amide bonds. The first-order valence-electron chi connectivity index (χ1n) is 8.70. The van der Waals surface area contributed by atoms with Gasteiger partial charge in [-0.25, -0.2) is 0 Å². The summed E-state index contributed by atoms with van der Waals surface area (Å²) in [5, 5.41) is 0. The van der Waals surface area contributed by atoms with Crippen LogP contribution in [0.15, 0.2) is 30.8 Å². The number of nitrogens with two attached hydrogens (primary N) is 1. The molecule has 120 valence electrons. The van der Waals surface area contributed by atoms with Crippen LogP contribution in [0.5, 0.6) is 0 Å². The summed E-state index contributed by atoms with van der Waals surface area (Å²) < 4.78 is 0. The summed E-state index contributed by atoms with van der Waals surface area (Å²) >= 11 is 0. The molecule has 0 atom stereocenters. The van der Waals surface area contributed by atoms with Crippen molar-refractivity contribution in [2.75, 3.05) is 6.54 Å². The molecule has 0 aromatic heterocycles. The molecule has 1 heteroatoms. The highest BCUT2D eigenvalue weighted by Gasteiger charge is 1.92. The molecule has 0 bridgehead atoms. The summed E-state index contributed by atoms with van der Waals surface area (Å²) in [7, 11) is 0. The first-order valence-corrected chi connectivity index (χ1v) is 8.70. The Kier molecular flexibility index (Phi) is 14.5. The molecule has 0 aliphatic heterocycles. The second-order valence-corrected chi connectivity index (χ2v) is 5.52. The molecule has 0 aliphatic rings. The SMILES string of the molecule is C=Cc1ccccc1CC.CCCCCCCCCCN. The van der Waals surface area contributed by atoms with Gasteiger partial charge in [0.2, 0.25) is 0 Å². The number of hydrogen-bond acceptors (Lipinski definition) is 1. The zero-order valence-electron chi connectivity index (χ0n) is 14.2. The van der Waals surface area contributed by atoms with Gasteiger partial charge >= 0.3 is 0 Å². The molecule has 0 aliphatic carbocycles. The molecule has 0 unspecified atom stereocenters. The van der Waals surface area contributed by atoms with Gasteiger partial charge in [-0.15, -0.1) is 0 Å². The molecular weight excluding hydrogens is 254 g/mol. The first-order chi connectivity index (χ1) is 10.3. The van der Waals surface area contributed by atoms with E-state index in [-0.39, 0.29) is 0 Å². The number of hydrogen-bond donors (Lipinski definition) is 1. The zero-order chi connectivity index (χ0) is 15.8. The van der Waals surface area contributed by atoms with Crippen LogP contribution in [-0.2, 0) is 6.42 Å². The molecule has 0 heterocycles. The number of unbranched alkanes of at least 4 members (excludes halogenated alkanes) is 7. The summed E-state index contributed by atoms with van der Waals surface area (Å²) in [6.07, 6.45) is 14.0. The number of aryl methyl sites for hydroxylation is 1. The first kappa shape index (κ1) is 19.9. The van der Waals surface area contributed by atoms with E-state index >= 15 is 0 Å². The van der Waals surface area contributed by atoms with Gasteiger partial charge in [0.25, 0.3) is 0 Å². The second kappa shape index (κ2) is 15.3. The Labute approximate surface area is 132 Å². The van der Waals surface area contributed by atoms with Crippen molar-refractivity contribution in [3.63, 3.8) is 0 Å². The number of rotatable bonds is 10. The second-order valence-electron chi connectivity index (χ2n) is 5.52. The maximum Gasteiger partial charge on any atom is -0.00773 e. The lowest BCUT2D eigenvalue weighted by Crippen LogP contribution is -1.97. The Hall–Kier alpha value is -1.08. The van der Waals surface area contributed by atoms with E-state index in [0.717, 1.165) is 13.0 Å². The lowest BCUT2D eigenvalue weighted by Gasteiger charge is -1.99. The van der Waals surface area contributed by atoms with Gasteiger partial charge in [0.1, 0.15) is 0 Å². The van der Waals surface area contributed by atoms with Crippen molar-refractivity contribution in [2.24, 2.45) is 5.73 Å². The van der Waals surface area contributed by atoms with Crippen molar-refractivity contribution >= 4 is 6.08 Å². The Morgan fingerprint density at radius 3 is 1.95 bits per heavy atom. The fourth-order valence-corrected chi connectivity index (χ4v) is 2.33. The average Bonchev–Trinajstić information content (AvgIpc) is 2.54. The lowest BCUT2D eigenvalue weighted by molar-refractivity contribution is 0.578. The molecule has 1 nitrogen and oxygen atoms in total. The Balaban J connectivity index is 0.000000382. The topological polar surface area (TPSA) is 26.0 Å². The van der Waals surface area contributed by atoms with E-state index in [2.05, 4.69) is 38.6 Å². The van der Waals surface area contributed by atoms with Crippen LogP contribution in [0, 0.1) is 0 Å². The third-order valence-corrected chi connectivity index (χ3v) is 3.71. The van der Waals surface area contributed by atoms with E-state index in [1.54, 1.807) is 0 Å². The van der Waals surface area contributed by atoms with Crippen LogP contribution in [0.25, 0.3) is 6.08 Å². The monoisotopic (exact) mass is 289 g/mol. The third kappa shape index (κ3) is 11.3. The van der Waals surface area contributed by atoms with Gasteiger partial charge in [-0.2, -0.15) is 0 Å². The standard InChI is InChI=1S/C10H23N.C10H12/c1-2-3-4-5-6-7-8-9-10-11;1-3-9-7-5-6-8-10(9)4-2/h2-11H2,1H3;3,5-8H,1,4H2,2H3. The van der Waals surface area contributed by atoms with Gasteiger partial charge in [-0.3, -0.25) is 0 Å². The van der Waals surface area contributed by atoms with E-state index in [0.29, 0.717) is 0 Å². The van der Waals surface area contributed by atoms with Crippen LogP contribution in [0.1, 0.15) is 76.3 Å². The van der Waals surface area contributed by atoms with Crippen molar-refractivity contribution in [1.29, 1.82) is 0 Å². The molecular formula is C20H35N. The van der Waals surface area contributed by atoms with Gasteiger partial charge in [-0.1, -0.05) is 95.7 Å². The minimum atomic E-state index is 0.870. The van der Waals surface area contributed by atoms with Crippen molar-refractivity contribution in [1.82, 2.24) is 0 Å². The van der Waals surface area contributed by atoms with Crippen LogP contribution in [0.2, 0.25) is 0 Å². The van der Waals surface area contributed by atoms with Crippen LogP contribution in [0.3, 0.4) is 0 Å². The van der Waals surface area contributed by atoms with Gasteiger partial charge < -0.3 is 5.73 Å². The summed E-state index contributed by atoms with van der Waals surface area (Å²) in [6.45, 7) is 9.02. The van der Waals surface area contributed by atoms with Gasteiger partial charge in [0.05, 0.1) is 0 Å². The quantitative estimate of drug-likeness (QED) is 0.527. The van der Waals surface area contributed by atoms with Crippen LogP contribution in [0.4, 0.5) is 0 Å². The lowest BCUT2D eigenvalue weighted by atomic mass is 10.1. The predicted octanol–water partition coefficient (Wildman–Crippen LogP) is 5.98. The molecule has 0 radical (unpaired) electrons. The molecule has 1 aromatic rings. The summed E-state index contributed by atoms with van der Waals surface area (Å²) in [5.74, 6) is 0. The molecule has 21 heavy (non-hydrogen) atoms. The van der Waals surface area contributed by atoms with Gasteiger partial charge in [0, 0.05) is 0 Å². The smallest absolute Gasteiger partial charge is 0.00773 e. The molecule has 0 spiro atoms. The van der Waals surface area contributed by atoms with E-state index < -0.39 is 0 Å². The van der Waals surface area contributed by atoms with Crippen molar-refractivity contribution in [3.05, 3.63) is 42.0 Å². The predicted molar refractivity (Wildman–Crippen MR) is 97.6 cm³/mol. The maximum absolute atomic E-state index is 5.39. The fourth-order valence-electron chi connectivity index (χ4n) is 2.33. The molecule has 1 rings (SSSR count). The summed E-state index contributed by atoms with van der Waals surface area (Å²) in [5.41, 5.74) is 8.02. The third-order valence-electron chi connectivity index (χ3n) is 3.71. The highest BCUT2D eigenvalue weighted by atomic mass is 14.5. The van der Waals surface area contributed by atoms with E-state index in [1.165, 1.54) is 62.5 Å². The summed E-state index contributed by atoms with van der Waals surface area (Å²) in [6, 6.07) is 8.32. The molecule has 2 N–H and O–H groups in total. The van der Waals surface area contributed by atoms with E-state index in [1.807, 2.05) is 12.1 Å². The fraction of sp³-hybridized carbons (Fsp3) is 0.600. The Morgan fingerprint density at radius 1 is 0.905 bits per heavy atom. The molecule has 0 saturated carbocycles. The van der Waals surface area contributed by atoms with Crippen molar-refractivity contribution in [3.8, 4) is 0 Å². The van der Waals surface area contributed by atoms with E-state index in [9.17, 15) is 0 Å². The maximum atomic E-state index is 5.39. The average molecular weight is 290 g/mol. The van der Waals surface area contributed by atoms with Crippen LogP contribution < -0.4 is 5.73 Å². The molecule has 0 saturated heterocycles. The Bertz CT molecular complexity index is 335.